The number of benzene rings is 2. The first kappa shape index (κ1) is 13.9. The van der Waals surface area contributed by atoms with Crippen molar-refractivity contribution >= 4 is 32.4 Å². The van der Waals surface area contributed by atoms with Gasteiger partial charge in [0, 0.05) is 21.6 Å². The third kappa shape index (κ3) is 3.00. The number of halogens is 1. The summed E-state index contributed by atoms with van der Waals surface area (Å²) in [6.07, 6.45) is 0. The van der Waals surface area contributed by atoms with Gasteiger partial charge in [0.1, 0.15) is 0 Å². The van der Waals surface area contributed by atoms with Gasteiger partial charge in [-0.05, 0) is 23.6 Å². The Kier molecular flexibility index (Phi) is 4.06. The van der Waals surface area contributed by atoms with Crippen LogP contribution in [0.3, 0.4) is 0 Å². The van der Waals surface area contributed by atoms with E-state index in [9.17, 15) is 0 Å². The molecule has 0 fully saturated rings. The third-order valence-electron chi connectivity index (χ3n) is 3.32. The van der Waals surface area contributed by atoms with Crippen LogP contribution in [0.2, 0.25) is 0 Å². The van der Waals surface area contributed by atoms with E-state index in [-0.39, 0.29) is 0 Å². The van der Waals surface area contributed by atoms with Crippen LogP contribution in [0.1, 0.15) is 5.69 Å². The summed E-state index contributed by atoms with van der Waals surface area (Å²) in [4.78, 5) is 4.41. The molecule has 0 saturated carbocycles. The zero-order valence-electron chi connectivity index (χ0n) is 11.6. The number of pyridine rings is 1. The molecule has 0 unspecified atom stereocenters. The lowest BCUT2D eigenvalue weighted by molar-refractivity contribution is 0.396. The van der Waals surface area contributed by atoms with E-state index in [0.717, 1.165) is 15.9 Å². The van der Waals surface area contributed by atoms with Gasteiger partial charge in [-0.15, -0.1) is 0 Å². The molecule has 1 heterocycles. The van der Waals surface area contributed by atoms with Gasteiger partial charge in [0.05, 0.1) is 19.3 Å². The summed E-state index contributed by atoms with van der Waals surface area (Å²) < 4.78 is 6.25. The molecule has 0 aliphatic carbocycles. The Bertz CT molecular complexity index is 774. The smallest absolute Gasteiger partial charge is 0.213 e. The Morgan fingerprint density at radius 2 is 1.81 bits per heavy atom. The Morgan fingerprint density at radius 3 is 2.62 bits per heavy atom. The maximum atomic E-state index is 5.15. The van der Waals surface area contributed by atoms with Crippen molar-refractivity contribution in [3.05, 3.63) is 64.8 Å². The Hall–Kier alpha value is -2.07. The fourth-order valence-corrected chi connectivity index (χ4v) is 2.75. The third-order valence-corrected chi connectivity index (χ3v) is 4.01. The van der Waals surface area contributed by atoms with Crippen molar-refractivity contribution in [3.63, 3.8) is 0 Å². The number of rotatable bonds is 4. The fourth-order valence-electron chi connectivity index (χ4n) is 2.27. The van der Waals surface area contributed by atoms with E-state index in [2.05, 4.69) is 50.5 Å². The van der Waals surface area contributed by atoms with Crippen molar-refractivity contribution in [2.45, 2.75) is 6.54 Å². The standard InChI is InChI=1S/C17H15BrN2O/c1-21-17-8-4-5-12(20-17)11-19-16-10-9-15(18)13-6-2-3-7-14(13)16/h2-10,19H,11H2,1H3. The van der Waals surface area contributed by atoms with Crippen LogP contribution in [0.15, 0.2) is 59.1 Å². The maximum absolute atomic E-state index is 5.15. The Labute approximate surface area is 132 Å². The second kappa shape index (κ2) is 6.14. The molecule has 0 spiro atoms. The molecule has 21 heavy (non-hydrogen) atoms. The molecule has 0 aliphatic rings. The van der Waals surface area contributed by atoms with Crippen LogP contribution in [-0.2, 0) is 6.54 Å². The molecule has 0 aliphatic heterocycles. The van der Waals surface area contributed by atoms with Gasteiger partial charge in [-0.2, -0.15) is 0 Å². The first-order valence-electron chi connectivity index (χ1n) is 6.69. The fraction of sp³-hybridized carbons (Fsp3) is 0.118. The topological polar surface area (TPSA) is 34.1 Å². The SMILES string of the molecule is COc1cccc(CNc2ccc(Br)c3ccccc23)n1. The summed E-state index contributed by atoms with van der Waals surface area (Å²) in [6, 6.07) is 18.2. The number of ether oxygens (including phenoxy) is 1. The number of nitrogens with zero attached hydrogens (tertiary/aromatic N) is 1. The van der Waals surface area contributed by atoms with Crippen molar-refractivity contribution in [2.24, 2.45) is 0 Å². The summed E-state index contributed by atoms with van der Waals surface area (Å²) in [5, 5.41) is 5.83. The van der Waals surface area contributed by atoms with Gasteiger partial charge in [0.15, 0.2) is 0 Å². The Morgan fingerprint density at radius 1 is 1.00 bits per heavy atom. The van der Waals surface area contributed by atoms with Crippen molar-refractivity contribution < 1.29 is 4.74 Å². The molecule has 106 valence electrons. The largest absolute Gasteiger partial charge is 0.481 e. The van der Waals surface area contributed by atoms with Crippen molar-refractivity contribution in [1.82, 2.24) is 4.98 Å². The molecule has 3 nitrogen and oxygen atoms in total. The minimum atomic E-state index is 0.634. The van der Waals surface area contributed by atoms with Crippen molar-refractivity contribution in [2.75, 3.05) is 12.4 Å². The number of nitrogens with one attached hydrogen (secondary N) is 1. The van der Waals surface area contributed by atoms with Crippen LogP contribution in [0.4, 0.5) is 5.69 Å². The first-order chi connectivity index (χ1) is 10.3. The molecular formula is C17H15BrN2O. The van der Waals surface area contributed by atoms with E-state index in [4.69, 9.17) is 4.74 Å². The molecule has 0 atom stereocenters. The second-order valence-corrected chi connectivity index (χ2v) is 5.52. The van der Waals surface area contributed by atoms with Crippen LogP contribution in [0, 0.1) is 0 Å². The summed E-state index contributed by atoms with van der Waals surface area (Å²) in [5.41, 5.74) is 2.04. The molecule has 2 aromatic carbocycles. The molecule has 0 saturated heterocycles. The van der Waals surface area contributed by atoms with Gasteiger partial charge in [0.25, 0.3) is 0 Å². The molecule has 3 rings (SSSR count). The average molecular weight is 343 g/mol. The number of hydrogen-bond acceptors (Lipinski definition) is 3. The van der Waals surface area contributed by atoms with Crippen LogP contribution in [-0.4, -0.2) is 12.1 Å². The van der Waals surface area contributed by atoms with Gasteiger partial charge >= 0.3 is 0 Å². The summed E-state index contributed by atoms with van der Waals surface area (Å²) in [7, 11) is 1.63. The average Bonchev–Trinajstić information content (AvgIpc) is 2.55. The minimum absolute atomic E-state index is 0.634. The summed E-state index contributed by atoms with van der Waals surface area (Å²) in [5.74, 6) is 0.634. The Balaban J connectivity index is 1.87. The highest BCUT2D eigenvalue weighted by molar-refractivity contribution is 9.10. The normalized spacial score (nSPS) is 10.6. The van der Waals surface area contributed by atoms with E-state index in [1.807, 2.05) is 30.3 Å². The summed E-state index contributed by atoms with van der Waals surface area (Å²) >= 11 is 3.59. The predicted molar refractivity (Wildman–Crippen MR) is 89.8 cm³/mol. The molecule has 4 heteroatoms. The highest BCUT2D eigenvalue weighted by atomic mass is 79.9. The van der Waals surface area contributed by atoms with Crippen LogP contribution in [0.25, 0.3) is 10.8 Å². The number of methoxy groups -OCH3 is 1. The van der Waals surface area contributed by atoms with E-state index in [1.54, 1.807) is 7.11 Å². The minimum Gasteiger partial charge on any atom is -0.481 e. The second-order valence-electron chi connectivity index (χ2n) is 4.67. The monoisotopic (exact) mass is 342 g/mol. The zero-order chi connectivity index (χ0) is 14.7. The predicted octanol–water partition coefficient (Wildman–Crippen LogP) is 4.62. The van der Waals surface area contributed by atoms with Crippen molar-refractivity contribution in [1.29, 1.82) is 0 Å². The van der Waals surface area contributed by atoms with Crippen LogP contribution in [0.5, 0.6) is 5.88 Å². The maximum Gasteiger partial charge on any atom is 0.213 e. The van der Waals surface area contributed by atoms with Gasteiger partial charge in [0.2, 0.25) is 5.88 Å². The van der Waals surface area contributed by atoms with E-state index < -0.39 is 0 Å². The summed E-state index contributed by atoms with van der Waals surface area (Å²) in [6.45, 7) is 0.656. The zero-order valence-corrected chi connectivity index (χ0v) is 13.2. The lowest BCUT2D eigenvalue weighted by Crippen LogP contribution is -2.02. The number of aromatic nitrogens is 1. The van der Waals surface area contributed by atoms with Crippen LogP contribution < -0.4 is 10.1 Å². The number of anilines is 1. The number of hydrogen-bond donors (Lipinski definition) is 1. The highest BCUT2D eigenvalue weighted by Crippen LogP contribution is 2.30. The van der Waals surface area contributed by atoms with E-state index >= 15 is 0 Å². The molecular weight excluding hydrogens is 328 g/mol. The lowest BCUT2D eigenvalue weighted by Gasteiger charge is -2.11. The molecule has 0 radical (unpaired) electrons. The highest BCUT2D eigenvalue weighted by Gasteiger charge is 2.04. The molecule has 3 aromatic rings. The lowest BCUT2D eigenvalue weighted by atomic mass is 10.1. The van der Waals surface area contributed by atoms with Gasteiger partial charge in [-0.25, -0.2) is 4.98 Å². The van der Waals surface area contributed by atoms with Gasteiger partial charge in [-0.3, -0.25) is 0 Å². The van der Waals surface area contributed by atoms with Crippen LogP contribution >= 0.6 is 15.9 Å². The molecule has 0 amide bonds. The van der Waals surface area contributed by atoms with Crippen molar-refractivity contribution in [3.8, 4) is 5.88 Å². The first-order valence-corrected chi connectivity index (χ1v) is 7.48. The van der Waals surface area contributed by atoms with E-state index in [0.29, 0.717) is 12.4 Å². The van der Waals surface area contributed by atoms with Gasteiger partial charge < -0.3 is 10.1 Å². The van der Waals surface area contributed by atoms with Gasteiger partial charge in [-0.1, -0.05) is 46.3 Å². The quantitative estimate of drug-likeness (QED) is 0.751. The molecule has 1 N–H and O–H groups in total. The molecule has 1 aromatic heterocycles. The van der Waals surface area contributed by atoms with E-state index in [1.165, 1.54) is 10.8 Å². The number of fused-ring (bicyclic) bond motifs is 1. The molecule has 0 bridgehead atoms.